The maximum absolute atomic E-state index is 11.5. The lowest BCUT2D eigenvalue weighted by atomic mass is 10.1. The summed E-state index contributed by atoms with van der Waals surface area (Å²) >= 11 is 2.24. The molecule has 66 valence electrons. The third kappa shape index (κ3) is 1.75. The molecule has 1 aliphatic heterocycles. The van der Waals surface area contributed by atoms with Crippen molar-refractivity contribution in [3.8, 4) is 0 Å². The van der Waals surface area contributed by atoms with Gasteiger partial charge in [-0.05, 0) is 46.4 Å². The largest absolute Gasteiger partial charge is 0.349 e. The highest BCUT2D eigenvalue weighted by molar-refractivity contribution is 14.1. The first kappa shape index (κ1) is 8.74. The summed E-state index contributed by atoms with van der Waals surface area (Å²) in [5, 5.41) is 2.79. The molecule has 1 aromatic carbocycles. The van der Waals surface area contributed by atoms with Crippen molar-refractivity contribution in [2.24, 2.45) is 0 Å². The Morgan fingerprint density at radius 1 is 1.38 bits per heavy atom. The highest BCUT2D eigenvalue weighted by atomic mass is 127. The van der Waals surface area contributed by atoms with Crippen LogP contribution in [0.1, 0.15) is 15.9 Å². The third-order valence-electron chi connectivity index (χ3n) is 1.94. The van der Waals surface area contributed by atoms with Crippen molar-refractivity contribution in [2.45, 2.75) is 0 Å². The van der Waals surface area contributed by atoms with Crippen molar-refractivity contribution in [3.05, 3.63) is 39.0 Å². The first-order valence-electron chi connectivity index (χ1n) is 4.01. The number of amides is 1. The predicted molar refractivity (Wildman–Crippen MR) is 60.5 cm³/mol. The smallest absolute Gasteiger partial charge is 0.252 e. The van der Waals surface area contributed by atoms with Crippen molar-refractivity contribution in [1.29, 1.82) is 0 Å². The molecule has 0 bridgehead atoms. The molecule has 1 N–H and O–H groups in total. The van der Waals surface area contributed by atoms with E-state index < -0.39 is 0 Å². The van der Waals surface area contributed by atoms with Gasteiger partial charge in [-0.1, -0.05) is 12.2 Å². The Kier molecular flexibility index (Phi) is 2.35. The maximum Gasteiger partial charge on any atom is 0.252 e. The summed E-state index contributed by atoms with van der Waals surface area (Å²) in [7, 11) is 0. The number of benzene rings is 1. The first-order chi connectivity index (χ1) is 6.27. The fourth-order valence-electron chi connectivity index (χ4n) is 1.31. The molecule has 0 saturated carbocycles. The van der Waals surface area contributed by atoms with E-state index in [1.54, 1.807) is 0 Å². The SMILES string of the molecule is O=C1NCC=Cc2cc(I)ccc21. The van der Waals surface area contributed by atoms with Gasteiger partial charge in [-0.25, -0.2) is 0 Å². The van der Waals surface area contributed by atoms with E-state index in [-0.39, 0.29) is 5.91 Å². The van der Waals surface area contributed by atoms with Crippen LogP contribution in [0.2, 0.25) is 0 Å². The summed E-state index contributed by atoms with van der Waals surface area (Å²) in [5.41, 5.74) is 1.76. The Morgan fingerprint density at radius 3 is 3.08 bits per heavy atom. The molecule has 13 heavy (non-hydrogen) atoms. The van der Waals surface area contributed by atoms with Gasteiger partial charge in [0.1, 0.15) is 0 Å². The number of halogens is 1. The van der Waals surface area contributed by atoms with Gasteiger partial charge in [-0.2, -0.15) is 0 Å². The number of hydrogen-bond acceptors (Lipinski definition) is 1. The van der Waals surface area contributed by atoms with E-state index in [1.165, 1.54) is 0 Å². The molecule has 1 aromatic rings. The van der Waals surface area contributed by atoms with Crippen LogP contribution in [-0.4, -0.2) is 12.5 Å². The number of fused-ring (bicyclic) bond motifs is 1. The van der Waals surface area contributed by atoms with Gasteiger partial charge >= 0.3 is 0 Å². The molecule has 0 aromatic heterocycles. The Balaban J connectivity index is 2.57. The molecule has 1 heterocycles. The van der Waals surface area contributed by atoms with E-state index >= 15 is 0 Å². The quantitative estimate of drug-likeness (QED) is 0.726. The summed E-state index contributed by atoms with van der Waals surface area (Å²) in [5.74, 6) is 0.0106. The molecule has 0 radical (unpaired) electrons. The van der Waals surface area contributed by atoms with Crippen LogP contribution in [0.25, 0.3) is 6.08 Å². The van der Waals surface area contributed by atoms with Crippen LogP contribution in [0.4, 0.5) is 0 Å². The molecule has 0 spiro atoms. The van der Waals surface area contributed by atoms with Crippen molar-refractivity contribution < 1.29 is 4.79 Å². The number of carbonyl (C=O) groups is 1. The maximum atomic E-state index is 11.5. The minimum Gasteiger partial charge on any atom is -0.349 e. The highest BCUT2D eigenvalue weighted by Gasteiger charge is 2.10. The molecule has 0 unspecified atom stereocenters. The topological polar surface area (TPSA) is 29.1 Å². The second kappa shape index (κ2) is 3.49. The summed E-state index contributed by atoms with van der Waals surface area (Å²) in [6.45, 7) is 0.615. The molecular weight excluding hydrogens is 277 g/mol. The van der Waals surface area contributed by atoms with E-state index in [2.05, 4.69) is 27.9 Å². The predicted octanol–water partition coefficient (Wildman–Crippen LogP) is 2.05. The first-order valence-corrected chi connectivity index (χ1v) is 5.09. The Hall–Kier alpha value is -0.840. The number of nitrogens with one attached hydrogen (secondary N) is 1. The van der Waals surface area contributed by atoms with E-state index in [0.29, 0.717) is 6.54 Å². The van der Waals surface area contributed by atoms with Gasteiger partial charge in [-0.15, -0.1) is 0 Å². The molecule has 2 nitrogen and oxygen atoms in total. The molecule has 1 aliphatic rings. The van der Waals surface area contributed by atoms with Crippen molar-refractivity contribution in [1.82, 2.24) is 5.32 Å². The molecule has 1 amide bonds. The highest BCUT2D eigenvalue weighted by Crippen LogP contribution is 2.16. The summed E-state index contributed by atoms with van der Waals surface area (Å²) < 4.78 is 1.15. The van der Waals surface area contributed by atoms with Gasteiger partial charge in [0.05, 0.1) is 0 Å². The van der Waals surface area contributed by atoms with Crippen molar-refractivity contribution >= 4 is 34.6 Å². The monoisotopic (exact) mass is 285 g/mol. The van der Waals surface area contributed by atoms with Gasteiger partial charge in [-0.3, -0.25) is 4.79 Å². The average molecular weight is 285 g/mol. The van der Waals surface area contributed by atoms with E-state index in [4.69, 9.17) is 0 Å². The van der Waals surface area contributed by atoms with Crippen molar-refractivity contribution in [3.63, 3.8) is 0 Å². The fourth-order valence-corrected chi connectivity index (χ4v) is 1.83. The van der Waals surface area contributed by atoms with E-state index in [1.807, 2.05) is 30.4 Å². The number of carbonyl (C=O) groups excluding carboxylic acids is 1. The zero-order valence-corrected chi connectivity index (χ0v) is 9.04. The molecule has 2 rings (SSSR count). The zero-order valence-electron chi connectivity index (χ0n) is 6.88. The van der Waals surface area contributed by atoms with Gasteiger partial charge in [0.15, 0.2) is 0 Å². The fraction of sp³-hybridized carbons (Fsp3) is 0.100. The van der Waals surface area contributed by atoms with Crippen LogP contribution < -0.4 is 5.32 Å². The Bertz CT molecular complexity index is 385. The van der Waals surface area contributed by atoms with Gasteiger partial charge < -0.3 is 5.32 Å². The molecule has 0 fully saturated rings. The van der Waals surface area contributed by atoms with Gasteiger partial charge in [0, 0.05) is 15.7 Å². The van der Waals surface area contributed by atoms with Crippen LogP contribution in [-0.2, 0) is 0 Å². The van der Waals surface area contributed by atoms with E-state index in [9.17, 15) is 4.79 Å². The Morgan fingerprint density at radius 2 is 2.23 bits per heavy atom. The van der Waals surface area contributed by atoms with Gasteiger partial charge in [0.25, 0.3) is 5.91 Å². The molecule has 3 heteroatoms. The lowest BCUT2D eigenvalue weighted by Crippen LogP contribution is -2.22. The van der Waals surface area contributed by atoms with E-state index in [0.717, 1.165) is 14.7 Å². The van der Waals surface area contributed by atoms with Gasteiger partial charge in [0.2, 0.25) is 0 Å². The lowest BCUT2D eigenvalue weighted by molar-refractivity contribution is 0.0958. The summed E-state index contributed by atoms with van der Waals surface area (Å²) in [6, 6.07) is 5.82. The average Bonchev–Trinajstić information content (AvgIpc) is 2.28. The third-order valence-corrected chi connectivity index (χ3v) is 2.61. The number of hydrogen-bond donors (Lipinski definition) is 1. The molecule has 0 aliphatic carbocycles. The van der Waals surface area contributed by atoms with Crippen LogP contribution in [0.15, 0.2) is 24.3 Å². The zero-order chi connectivity index (χ0) is 9.26. The van der Waals surface area contributed by atoms with Crippen molar-refractivity contribution in [2.75, 3.05) is 6.54 Å². The molecule has 0 atom stereocenters. The van der Waals surface area contributed by atoms with Crippen LogP contribution >= 0.6 is 22.6 Å². The molecular formula is C10H8INO. The standard InChI is InChI=1S/C10H8INO/c11-8-3-4-9-7(6-8)2-1-5-12-10(9)13/h1-4,6H,5H2,(H,12,13). The van der Waals surface area contributed by atoms with Crippen LogP contribution in [0.3, 0.4) is 0 Å². The van der Waals surface area contributed by atoms with Crippen LogP contribution in [0, 0.1) is 3.57 Å². The second-order valence-corrected chi connectivity index (χ2v) is 4.09. The normalized spacial score (nSPS) is 14.7. The van der Waals surface area contributed by atoms with Crippen LogP contribution in [0.5, 0.6) is 0 Å². The molecule has 0 saturated heterocycles. The number of rotatable bonds is 0. The minimum atomic E-state index is 0.0106. The Labute approximate surface area is 90.2 Å². The minimum absolute atomic E-state index is 0.0106. The lowest BCUT2D eigenvalue weighted by Gasteiger charge is -2.03. The summed E-state index contributed by atoms with van der Waals surface area (Å²) in [6.07, 6.45) is 3.94. The second-order valence-electron chi connectivity index (χ2n) is 2.84. The summed E-state index contributed by atoms with van der Waals surface area (Å²) in [4.78, 5) is 11.5.